The van der Waals surface area contributed by atoms with Crippen LogP contribution in [0.2, 0.25) is 0 Å². The number of fused-ring (bicyclic) bond motifs is 1. The van der Waals surface area contributed by atoms with Crippen molar-refractivity contribution in [3.05, 3.63) is 48.2 Å². The van der Waals surface area contributed by atoms with Gasteiger partial charge in [0.1, 0.15) is 22.9 Å². The lowest BCUT2D eigenvalue weighted by Gasteiger charge is -2.25. The Morgan fingerprint density at radius 1 is 1.29 bits per heavy atom. The van der Waals surface area contributed by atoms with Gasteiger partial charge in [-0.2, -0.15) is 9.61 Å². The van der Waals surface area contributed by atoms with Crippen LogP contribution in [0.15, 0.2) is 41.7 Å². The third-order valence-electron chi connectivity index (χ3n) is 7.07. The Morgan fingerprint density at radius 3 is 2.58 bits per heavy atom. The zero-order valence-electron chi connectivity index (χ0n) is 21.8. The number of nitrogens with two attached hydrogens (primary N) is 1. The monoisotopic (exact) mass is 542 g/mol. The van der Waals surface area contributed by atoms with E-state index < -0.39 is 28.0 Å². The summed E-state index contributed by atoms with van der Waals surface area (Å²) < 4.78 is 26.7. The highest BCUT2D eigenvalue weighted by Crippen LogP contribution is 2.38. The molecule has 204 valence electrons. The van der Waals surface area contributed by atoms with Gasteiger partial charge in [0.05, 0.1) is 17.6 Å². The lowest BCUT2D eigenvalue weighted by atomic mass is 9.96. The molecule has 4 rings (SSSR count). The fraction of sp³-hybridized carbons (Fsp3) is 0.462. The van der Waals surface area contributed by atoms with Crippen molar-refractivity contribution >= 4 is 27.2 Å². The van der Waals surface area contributed by atoms with E-state index in [-0.39, 0.29) is 28.9 Å². The molecule has 0 aliphatic heterocycles. The Bertz CT molecular complexity index is 1460. The Morgan fingerprint density at radius 2 is 2.00 bits per heavy atom. The minimum Gasteiger partial charge on any atom is -0.387 e. The van der Waals surface area contributed by atoms with E-state index in [9.17, 15) is 23.4 Å². The van der Waals surface area contributed by atoms with Crippen LogP contribution in [-0.4, -0.2) is 67.9 Å². The first-order valence-electron chi connectivity index (χ1n) is 12.6. The van der Waals surface area contributed by atoms with E-state index in [2.05, 4.69) is 15.1 Å². The molecule has 3 aromatic rings. The Kier molecular flexibility index (Phi) is 7.86. The van der Waals surface area contributed by atoms with Gasteiger partial charge in [-0.3, -0.25) is 9.78 Å². The average Bonchev–Trinajstić information content (AvgIpc) is 3.52. The summed E-state index contributed by atoms with van der Waals surface area (Å²) in [7, 11) is -3.76. The Balaban J connectivity index is 1.73. The molecule has 0 aromatic carbocycles. The number of aromatic nitrogens is 4. The SMILES string of the molecule is C/C=C\N(C(=O)CO)C(C)CCc1nc2c(-c3ccc(C4(O)CCCC4)nc3)cnn2c(N)c1S(C)(=O)=O. The van der Waals surface area contributed by atoms with E-state index in [1.54, 1.807) is 37.7 Å². The highest BCUT2D eigenvalue weighted by Gasteiger charge is 2.34. The van der Waals surface area contributed by atoms with Crippen LogP contribution in [0.3, 0.4) is 0 Å². The van der Waals surface area contributed by atoms with E-state index in [1.807, 2.05) is 13.0 Å². The van der Waals surface area contributed by atoms with Crippen molar-refractivity contribution in [2.75, 3.05) is 18.6 Å². The van der Waals surface area contributed by atoms with E-state index in [0.29, 0.717) is 41.7 Å². The molecule has 1 fully saturated rings. The molecule has 11 nitrogen and oxygen atoms in total. The second kappa shape index (κ2) is 10.8. The minimum atomic E-state index is -3.76. The lowest BCUT2D eigenvalue weighted by Crippen LogP contribution is -2.36. The van der Waals surface area contributed by atoms with Gasteiger partial charge in [0, 0.05) is 35.8 Å². The molecule has 1 aliphatic rings. The third kappa shape index (κ3) is 5.29. The molecule has 3 heterocycles. The maximum atomic E-state index is 12.7. The first-order valence-corrected chi connectivity index (χ1v) is 14.5. The molecular weight excluding hydrogens is 508 g/mol. The largest absolute Gasteiger partial charge is 0.387 e. The molecule has 4 N–H and O–H groups in total. The van der Waals surface area contributed by atoms with Crippen molar-refractivity contribution < 1.29 is 23.4 Å². The second-order valence-electron chi connectivity index (χ2n) is 9.84. The topological polar surface area (TPSA) is 164 Å². The predicted molar refractivity (Wildman–Crippen MR) is 143 cm³/mol. The van der Waals surface area contributed by atoms with Gasteiger partial charge in [0.25, 0.3) is 5.91 Å². The number of hydrogen-bond donors (Lipinski definition) is 3. The van der Waals surface area contributed by atoms with Crippen LogP contribution in [0.1, 0.15) is 57.3 Å². The summed E-state index contributed by atoms with van der Waals surface area (Å²) in [5.74, 6) is -0.508. The third-order valence-corrected chi connectivity index (χ3v) is 8.25. The van der Waals surface area contributed by atoms with Crippen LogP contribution < -0.4 is 5.73 Å². The molecule has 3 aromatic heterocycles. The molecule has 1 atom stereocenters. The minimum absolute atomic E-state index is 0.0482. The highest BCUT2D eigenvalue weighted by molar-refractivity contribution is 7.91. The van der Waals surface area contributed by atoms with Gasteiger partial charge >= 0.3 is 0 Å². The molecule has 1 saturated carbocycles. The standard InChI is InChI=1S/C26H34N6O5S/c1-4-13-31(22(34)16-33)17(2)7-9-20-23(38(3,36)37)24(27)32-25(30-20)19(15-29-32)18-8-10-21(28-14-18)26(35)11-5-6-12-26/h4,8,10,13-15,17,33,35H,5-7,9,11-12,16,27H2,1-3H3/b13-4-. The number of allylic oxidation sites excluding steroid dienone is 1. The number of aryl methyl sites for hydroxylation is 1. The Labute approximate surface area is 221 Å². The normalized spacial score (nSPS) is 16.3. The zero-order valence-corrected chi connectivity index (χ0v) is 22.6. The van der Waals surface area contributed by atoms with E-state index in [1.165, 1.54) is 9.42 Å². The van der Waals surface area contributed by atoms with Crippen molar-refractivity contribution in [2.24, 2.45) is 0 Å². The first-order chi connectivity index (χ1) is 18.0. The quantitative estimate of drug-likeness (QED) is 0.368. The van der Waals surface area contributed by atoms with E-state index in [0.717, 1.165) is 19.1 Å². The van der Waals surface area contributed by atoms with Crippen molar-refractivity contribution in [1.29, 1.82) is 0 Å². The van der Waals surface area contributed by atoms with Gasteiger partial charge < -0.3 is 20.8 Å². The second-order valence-corrected chi connectivity index (χ2v) is 11.8. The molecule has 0 radical (unpaired) electrons. The van der Waals surface area contributed by atoms with Crippen LogP contribution in [0.25, 0.3) is 16.8 Å². The Hall–Kier alpha value is -3.35. The number of sulfone groups is 1. The number of nitrogen functional groups attached to an aromatic ring is 1. The summed E-state index contributed by atoms with van der Waals surface area (Å²) in [5, 5.41) is 24.5. The molecule has 0 spiro atoms. The van der Waals surface area contributed by atoms with Crippen molar-refractivity contribution in [3.8, 4) is 11.1 Å². The smallest absolute Gasteiger partial charge is 0.252 e. The van der Waals surface area contributed by atoms with Crippen LogP contribution >= 0.6 is 0 Å². The van der Waals surface area contributed by atoms with E-state index in [4.69, 9.17) is 5.73 Å². The molecule has 1 unspecified atom stereocenters. The molecule has 38 heavy (non-hydrogen) atoms. The number of carbonyl (C=O) groups excluding carboxylic acids is 1. The number of aliphatic hydroxyl groups excluding tert-OH is 1. The van der Waals surface area contributed by atoms with Gasteiger partial charge in [-0.15, -0.1) is 0 Å². The number of pyridine rings is 1. The number of carbonyl (C=O) groups is 1. The molecule has 0 saturated heterocycles. The summed E-state index contributed by atoms with van der Waals surface area (Å²) in [5.41, 5.74) is 8.02. The average molecular weight is 543 g/mol. The van der Waals surface area contributed by atoms with Crippen LogP contribution in [0.4, 0.5) is 5.82 Å². The van der Waals surface area contributed by atoms with Gasteiger partial charge in [-0.1, -0.05) is 25.0 Å². The van der Waals surface area contributed by atoms with Gasteiger partial charge in [-0.25, -0.2) is 13.4 Å². The number of amides is 1. The molecule has 12 heteroatoms. The van der Waals surface area contributed by atoms with Gasteiger partial charge in [-0.05, 0) is 45.6 Å². The number of nitrogens with zero attached hydrogens (tertiary/aromatic N) is 5. The summed E-state index contributed by atoms with van der Waals surface area (Å²) in [4.78, 5) is 22.7. The van der Waals surface area contributed by atoms with Crippen molar-refractivity contribution in [2.45, 2.75) is 68.9 Å². The lowest BCUT2D eigenvalue weighted by molar-refractivity contribution is -0.133. The number of rotatable bonds is 9. The predicted octanol–water partition coefficient (Wildman–Crippen LogP) is 2.21. The molecule has 1 amide bonds. The summed E-state index contributed by atoms with van der Waals surface area (Å²) in [6.07, 6.45) is 11.4. The van der Waals surface area contributed by atoms with Crippen molar-refractivity contribution in [1.82, 2.24) is 24.5 Å². The fourth-order valence-electron chi connectivity index (χ4n) is 5.07. The molecular formula is C26H34N6O5S. The summed E-state index contributed by atoms with van der Waals surface area (Å²) in [6.45, 7) is 2.94. The molecule has 1 aliphatic carbocycles. The zero-order chi connectivity index (χ0) is 27.7. The van der Waals surface area contributed by atoms with Gasteiger partial charge in [0.15, 0.2) is 15.5 Å². The van der Waals surface area contributed by atoms with Crippen LogP contribution in [0, 0.1) is 0 Å². The maximum absolute atomic E-state index is 12.7. The van der Waals surface area contributed by atoms with Gasteiger partial charge in [0.2, 0.25) is 0 Å². The first kappa shape index (κ1) is 27.7. The fourth-order valence-corrected chi connectivity index (χ4v) is 6.11. The summed E-state index contributed by atoms with van der Waals surface area (Å²) in [6, 6.07) is 3.31. The summed E-state index contributed by atoms with van der Waals surface area (Å²) >= 11 is 0. The number of hydrogen-bond acceptors (Lipinski definition) is 9. The number of aliphatic hydroxyl groups is 2. The van der Waals surface area contributed by atoms with E-state index >= 15 is 0 Å². The number of anilines is 1. The van der Waals surface area contributed by atoms with Crippen molar-refractivity contribution in [3.63, 3.8) is 0 Å². The van der Waals surface area contributed by atoms with Crippen LogP contribution in [0.5, 0.6) is 0 Å². The maximum Gasteiger partial charge on any atom is 0.252 e. The van der Waals surface area contributed by atoms with Crippen LogP contribution in [-0.2, 0) is 26.7 Å². The molecule has 0 bridgehead atoms. The highest BCUT2D eigenvalue weighted by atomic mass is 32.2.